The average molecular weight is 326 g/mol. The highest BCUT2D eigenvalue weighted by Gasteiger charge is 2.46. The molecule has 0 saturated heterocycles. The van der Waals surface area contributed by atoms with Crippen LogP contribution < -0.4 is 5.32 Å². The summed E-state index contributed by atoms with van der Waals surface area (Å²) in [4.78, 5) is 23.6. The summed E-state index contributed by atoms with van der Waals surface area (Å²) in [5.74, 6) is 0.842. The monoisotopic (exact) mass is 325 g/mol. The third-order valence-electron chi connectivity index (χ3n) is 4.36. The molecule has 1 aromatic rings. The van der Waals surface area contributed by atoms with Gasteiger partial charge in [-0.2, -0.15) is 0 Å². The molecule has 1 aromatic carbocycles. The topological polar surface area (TPSA) is 46.2 Å². The Bertz CT molecular complexity index is 588. The van der Waals surface area contributed by atoms with E-state index in [2.05, 4.69) is 5.32 Å². The third kappa shape index (κ3) is 3.41. The molecule has 2 fully saturated rings. The molecule has 2 aliphatic carbocycles. The molecule has 1 amide bonds. The number of carbonyl (C=O) groups is 2. The Labute approximate surface area is 134 Å². The van der Waals surface area contributed by atoms with Crippen LogP contribution in [-0.2, 0) is 4.79 Å². The van der Waals surface area contributed by atoms with Crippen molar-refractivity contribution in [2.45, 2.75) is 32.1 Å². The van der Waals surface area contributed by atoms with Gasteiger partial charge in [0.2, 0.25) is 0 Å². The van der Waals surface area contributed by atoms with Crippen molar-refractivity contribution < 1.29 is 9.59 Å². The molecule has 2 aliphatic rings. The standard InChI is InChI=1S/C16H17Cl2NO2/c17-11-3-4-13(14(18)5-11)15(21)19-9-16(6-10-1-2-10)7-12(20)8-16/h3-5,10H,1-2,6-9H2,(H,19,21). The van der Waals surface area contributed by atoms with E-state index < -0.39 is 0 Å². The van der Waals surface area contributed by atoms with Gasteiger partial charge in [-0.1, -0.05) is 36.0 Å². The van der Waals surface area contributed by atoms with Crippen molar-refractivity contribution in [1.82, 2.24) is 5.32 Å². The van der Waals surface area contributed by atoms with E-state index in [1.165, 1.54) is 12.8 Å². The van der Waals surface area contributed by atoms with Gasteiger partial charge in [0, 0.05) is 29.8 Å². The Kier molecular flexibility index (Phi) is 3.98. The van der Waals surface area contributed by atoms with Crippen LogP contribution in [0.4, 0.5) is 0 Å². The van der Waals surface area contributed by atoms with Crippen molar-refractivity contribution in [3.63, 3.8) is 0 Å². The molecule has 112 valence electrons. The predicted octanol–water partition coefficient (Wildman–Crippen LogP) is 3.87. The Hall–Kier alpha value is -1.06. The lowest BCUT2D eigenvalue weighted by atomic mass is 9.64. The second-order valence-electron chi connectivity index (χ2n) is 6.35. The maximum absolute atomic E-state index is 12.2. The number of nitrogens with one attached hydrogen (secondary N) is 1. The fraction of sp³-hybridized carbons (Fsp3) is 0.500. The molecule has 0 bridgehead atoms. The van der Waals surface area contributed by atoms with Crippen molar-refractivity contribution in [3.05, 3.63) is 33.8 Å². The Morgan fingerprint density at radius 2 is 2.00 bits per heavy atom. The minimum absolute atomic E-state index is 0.0210. The van der Waals surface area contributed by atoms with Gasteiger partial charge in [-0.25, -0.2) is 0 Å². The Morgan fingerprint density at radius 3 is 2.57 bits per heavy atom. The van der Waals surface area contributed by atoms with Gasteiger partial charge in [-0.3, -0.25) is 9.59 Å². The van der Waals surface area contributed by atoms with Crippen LogP contribution >= 0.6 is 23.2 Å². The van der Waals surface area contributed by atoms with Crippen molar-refractivity contribution in [2.75, 3.05) is 6.54 Å². The number of halogens is 2. The number of carbonyl (C=O) groups excluding carboxylic acids is 2. The lowest BCUT2D eigenvalue weighted by Gasteiger charge is -2.41. The fourth-order valence-electron chi connectivity index (χ4n) is 3.10. The average Bonchev–Trinajstić information content (AvgIpc) is 3.18. The summed E-state index contributed by atoms with van der Waals surface area (Å²) in [6.45, 7) is 0.549. The zero-order valence-corrected chi connectivity index (χ0v) is 13.1. The summed E-state index contributed by atoms with van der Waals surface area (Å²) in [6.07, 6.45) is 4.75. The molecule has 21 heavy (non-hydrogen) atoms. The van der Waals surface area contributed by atoms with Gasteiger partial charge in [-0.15, -0.1) is 0 Å². The van der Waals surface area contributed by atoms with Crippen LogP contribution in [0, 0.1) is 11.3 Å². The van der Waals surface area contributed by atoms with Crippen LogP contribution in [0.15, 0.2) is 18.2 Å². The van der Waals surface area contributed by atoms with Gasteiger partial charge >= 0.3 is 0 Å². The molecule has 0 aromatic heterocycles. The SMILES string of the molecule is O=C1CC(CNC(=O)c2ccc(Cl)cc2Cl)(CC2CC2)C1. The summed E-state index contributed by atoms with van der Waals surface area (Å²) < 4.78 is 0. The second-order valence-corrected chi connectivity index (χ2v) is 7.19. The Morgan fingerprint density at radius 1 is 1.29 bits per heavy atom. The number of benzene rings is 1. The molecule has 0 atom stereocenters. The van der Waals surface area contributed by atoms with Gasteiger partial charge in [0.1, 0.15) is 5.78 Å². The molecular formula is C16H17Cl2NO2. The first kappa shape index (κ1) is 14.9. The van der Waals surface area contributed by atoms with Crippen molar-refractivity contribution >= 4 is 34.9 Å². The van der Waals surface area contributed by atoms with Gasteiger partial charge in [0.15, 0.2) is 0 Å². The highest BCUT2D eigenvalue weighted by atomic mass is 35.5. The summed E-state index contributed by atoms with van der Waals surface area (Å²) in [5.41, 5.74) is 0.403. The van der Waals surface area contributed by atoms with E-state index in [0.29, 0.717) is 40.8 Å². The van der Waals surface area contributed by atoms with Gasteiger partial charge in [0.05, 0.1) is 10.6 Å². The van der Waals surface area contributed by atoms with E-state index in [0.717, 1.165) is 12.3 Å². The minimum Gasteiger partial charge on any atom is -0.351 e. The number of Topliss-reactive ketones (excluding diaryl/α,β-unsaturated/α-hetero) is 1. The van der Waals surface area contributed by atoms with E-state index >= 15 is 0 Å². The molecule has 5 heteroatoms. The lowest BCUT2D eigenvalue weighted by Crippen LogP contribution is -2.47. The summed E-state index contributed by atoms with van der Waals surface area (Å²) in [5, 5.41) is 3.79. The zero-order valence-electron chi connectivity index (χ0n) is 11.6. The first-order chi connectivity index (χ1) is 9.97. The maximum atomic E-state index is 12.2. The number of rotatable bonds is 5. The molecule has 0 aliphatic heterocycles. The molecule has 2 saturated carbocycles. The fourth-order valence-corrected chi connectivity index (χ4v) is 3.59. The Balaban J connectivity index is 1.62. The second kappa shape index (κ2) is 5.62. The molecule has 0 heterocycles. The van der Waals surface area contributed by atoms with E-state index in [4.69, 9.17) is 23.2 Å². The van der Waals surface area contributed by atoms with Gasteiger partial charge in [-0.05, 0) is 30.5 Å². The van der Waals surface area contributed by atoms with Crippen LogP contribution in [0.2, 0.25) is 10.0 Å². The third-order valence-corrected chi connectivity index (χ3v) is 4.91. The van der Waals surface area contributed by atoms with E-state index in [-0.39, 0.29) is 11.3 Å². The first-order valence-corrected chi connectivity index (χ1v) is 7.98. The smallest absolute Gasteiger partial charge is 0.252 e. The van der Waals surface area contributed by atoms with Gasteiger partial charge < -0.3 is 5.32 Å². The number of ketones is 1. The summed E-state index contributed by atoms with van der Waals surface area (Å²) in [7, 11) is 0. The normalized spacial score (nSPS) is 20.0. The molecule has 0 spiro atoms. The van der Waals surface area contributed by atoms with Crippen LogP contribution in [0.5, 0.6) is 0 Å². The lowest BCUT2D eigenvalue weighted by molar-refractivity contribution is -0.133. The van der Waals surface area contributed by atoms with Crippen LogP contribution in [0.3, 0.4) is 0 Å². The minimum atomic E-state index is -0.203. The van der Waals surface area contributed by atoms with Crippen LogP contribution in [0.25, 0.3) is 0 Å². The molecule has 3 rings (SSSR count). The van der Waals surface area contributed by atoms with E-state index in [1.54, 1.807) is 18.2 Å². The largest absolute Gasteiger partial charge is 0.351 e. The van der Waals surface area contributed by atoms with Crippen LogP contribution in [0.1, 0.15) is 42.5 Å². The predicted molar refractivity (Wildman–Crippen MR) is 82.8 cm³/mol. The highest BCUT2D eigenvalue weighted by Crippen LogP contribution is 2.49. The van der Waals surface area contributed by atoms with Gasteiger partial charge in [0.25, 0.3) is 5.91 Å². The van der Waals surface area contributed by atoms with Crippen molar-refractivity contribution in [2.24, 2.45) is 11.3 Å². The van der Waals surface area contributed by atoms with Crippen molar-refractivity contribution in [1.29, 1.82) is 0 Å². The summed E-state index contributed by atoms with van der Waals surface area (Å²) in [6, 6.07) is 4.83. The highest BCUT2D eigenvalue weighted by molar-refractivity contribution is 6.36. The quantitative estimate of drug-likeness (QED) is 0.893. The van der Waals surface area contributed by atoms with Crippen molar-refractivity contribution in [3.8, 4) is 0 Å². The molecule has 3 nitrogen and oxygen atoms in total. The molecular weight excluding hydrogens is 309 g/mol. The zero-order chi connectivity index (χ0) is 15.0. The molecule has 0 unspecified atom stereocenters. The number of hydrogen-bond acceptors (Lipinski definition) is 2. The number of amides is 1. The number of hydrogen-bond donors (Lipinski definition) is 1. The van der Waals surface area contributed by atoms with E-state index in [9.17, 15) is 9.59 Å². The molecule has 0 radical (unpaired) electrons. The first-order valence-electron chi connectivity index (χ1n) is 7.22. The summed E-state index contributed by atoms with van der Waals surface area (Å²) >= 11 is 11.9. The van der Waals surface area contributed by atoms with Crippen LogP contribution in [-0.4, -0.2) is 18.2 Å². The van der Waals surface area contributed by atoms with E-state index in [1.807, 2.05) is 0 Å². The maximum Gasteiger partial charge on any atom is 0.252 e. The molecule has 1 N–H and O–H groups in total.